The summed E-state index contributed by atoms with van der Waals surface area (Å²) in [6, 6.07) is 8.09. The Morgan fingerprint density at radius 2 is 1.98 bits per heavy atom. The number of aromatic nitrogens is 1. The number of hydrogen-bond acceptors (Lipinski definition) is 8. The topological polar surface area (TPSA) is 139 Å². The van der Waals surface area contributed by atoms with Gasteiger partial charge in [0.2, 0.25) is 5.91 Å². The van der Waals surface area contributed by atoms with Crippen molar-refractivity contribution in [1.29, 1.82) is 0 Å². The Labute approximate surface area is 244 Å². The van der Waals surface area contributed by atoms with Crippen LogP contribution in [0.3, 0.4) is 0 Å². The molecule has 11 nitrogen and oxygen atoms in total. The van der Waals surface area contributed by atoms with E-state index >= 15 is 0 Å². The van der Waals surface area contributed by atoms with Crippen LogP contribution in [0.15, 0.2) is 53.5 Å². The van der Waals surface area contributed by atoms with Crippen molar-refractivity contribution >= 4 is 23.5 Å². The first-order chi connectivity index (χ1) is 20.2. The number of carbonyl (C=O) groups is 3. The van der Waals surface area contributed by atoms with E-state index in [2.05, 4.69) is 0 Å². The van der Waals surface area contributed by atoms with Crippen molar-refractivity contribution < 1.29 is 34.1 Å². The molecule has 1 fully saturated rings. The number of nitrogens with zero attached hydrogens (tertiary/aromatic N) is 3. The number of likely N-dealkylation sites (tertiary alicyclic amines) is 1. The second kappa shape index (κ2) is 13.3. The molecule has 1 saturated heterocycles. The molecule has 226 valence electrons. The SMILES string of the molecule is COC(=O)CCCCN1C(=O)[C@](O)([C@H](C)/C=C/CC(=O)N2CCC[C@H]2CO)c2cc(-n3cccc(OC)c3=O)ccc21. The van der Waals surface area contributed by atoms with Gasteiger partial charge >= 0.3 is 5.97 Å². The lowest BCUT2D eigenvalue weighted by atomic mass is 9.82. The van der Waals surface area contributed by atoms with E-state index in [1.54, 1.807) is 60.5 Å². The number of methoxy groups -OCH3 is 2. The van der Waals surface area contributed by atoms with Crippen LogP contribution in [-0.4, -0.2) is 77.4 Å². The minimum atomic E-state index is -1.96. The van der Waals surface area contributed by atoms with Crippen LogP contribution in [0.25, 0.3) is 5.69 Å². The normalized spacial score (nSPS) is 20.7. The molecule has 0 spiro atoms. The Morgan fingerprint density at radius 3 is 2.69 bits per heavy atom. The quantitative estimate of drug-likeness (QED) is 0.221. The number of benzene rings is 1. The zero-order valence-electron chi connectivity index (χ0n) is 24.3. The van der Waals surface area contributed by atoms with Gasteiger partial charge in [0.25, 0.3) is 11.5 Å². The summed E-state index contributed by atoms with van der Waals surface area (Å²) in [7, 11) is 2.73. The Balaban J connectivity index is 1.64. The smallest absolute Gasteiger partial charge is 0.305 e. The van der Waals surface area contributed by atoms with E-state index in [9.17, 15) is 29.4 Å². The highest BCUT2D eigenvalue weighted by molar-refractivity contribution is 6.07. The summed E-state index contributed by atoms with van der Waals surface area (Å²) in [5, 5.41) is 21.6. The molecular weight excluding hydrogens is 542 g/mol. The van der Waals surface area contributed by atoms with Gasteiger partial charge in [-0.15, -0.1) is 0 Å². The molecule has 0 radical (unpaired) electrons. The van der Waals surface area contributed by atoms with E-state index in [1.807, 2.05) is 0 Å². The number of carbonyl (C=O) groups excluding carboxylic acids is 3. The number of rotatable bonds is 12. The fourth-order valence-corrected chi connectivity index (χ4v) is 5.76. The number of hydrogen-bond donors (Lipinski definition) is 2. The average Bonchev–Trinajstić information content (AvgIpc) is 3.56. The van der Waals surface area contributed by atoms with Crippen molar-refractivity contribution in [3.05, 3.63) is 64.6 Å². The summed E-state index contributed by atoms with van der Waals surface area (Å²) < 4.78 is 11.3. The summed E-state index contributed by atoms with van der Waals surface area (Å²) in [4.78, 5) is 54.3. The molecule has 0 bridgehead atoms. The molecule has 0 aliphatic carbocycles. The number of amides is 2. The third-order valence-corrected chi connectivity index (χ3v) is 8.19. The number of esters is 1. The third-order valence-electron chi connectivity index (χ3n) is 8.19. The van der Waals surface area contributed by atoms with Crippen LogP contribution in [0.1, 0.15) is 51.0 Å². The predicted octanol–water partition coefficient (Wildman–Crippen LogP) is 2.29. The van der Waals surface area contributed by atoms with E-state index in [0.29, 0.717) is 36.3 Å². The molecule has 0 unspecified atom stereocenters. The summed E-state index contributed by atoms with van der Waals surface area (Å²) in [5.41, 5.74) is -1.04. The van der Waals surface area contributed by atoms with E-state index < -0.39 is 17.4 Å². The molecule has 4 rings (SSSR count). The minimum Gasteiger partial charge on any atom is -0.491 e. The maximum Gasteiger partial charge on any atom is 0.305 e. The average molecular weight is 582 g/mol. The van der Waals surface area contributed by atoms with Gasteiger partial charge in [0.1, 0.15) is 0 Å². The minimum absolute atomic E-state index is 0.0778. The Bertz CT molecular complexity index is 1400. The van der Waals surface area contributed by atoms with Gasteiger partial charge in [0, 0.05) is 49.3 Å². The number of unbranched alkanes of at least 4 members (excludes halogenated alkanes) is 1. The van der Waals surface area contributed by atoms with Gasteiger partial charge in [-0.05, 0) is 56.0 Å². The summed E-state index contributed by atoms with van der Waals surface area (Å²) in [6.07, 6.45) is 7.81. The predicted molar refractivity (Wildman–Crippen MR) is 155 cm³/mol. The zero-order valence-corrected chi connectivity index (χ0v) is 24.3. The van der Waals surface area contributed by atoms with Gasteiger partial charge in [-0.1, -0.05) is 19.1 Å². The van der Waals surface area contributed by atoms with Crippen molar-refractivity contribution in [2.24, 2.45) is 5.92 Å². The number of aliphatic hydroxyl groups is 2. The maximum atomic E-state index is 13.9. The fourth-order valence-electron chi connectivity index (χ4n) is 5.76. The first kappa shape index (κ1) is 31.0. The van der Waals surface area contributed by atoms with Crippen molar-refractivity contribution in [3.63, 3.8) is 0 Å². The van der Waals surface area contributed by atoms with Gasteiger partial charge in [-0.2, -0.15) is 0 Å². The molecule has 1 aromatic heterocycles. The number of anilines is 1. The van der Waals surface area contributed by atoms with Crippen molar-refractivity contribution in [2.45, 2.75) is 57.1 Å². The van der Waals surface area contributed by atoms with Crippen LogP contribution in [0.5, 0.6) is 5.75 Å². The van der Waals surface area contributed by atoms with Gasteiger partial charge in [-0.25, -0.2) is 0 Å². The number of aliphatic hydroxyl groups excluding tert-OH is 1. The van der Waals surface area contributed by atoms with Crippen molar-refractivity contribution in [3.8, 4) is 11.4 Å². The molecule has 42 heavy (non-hydrogen) atoms. The monoisotopic (exact) mass is 581 g/mol. The first-order valence-electron chi connectivity index (χ1n) is 14.3. The molecule has 2 aliphatic rings. The van der Waals surface area contributed by atoms with Crippen LogP contribution in [0.2, 0.25) is 0 Å². The van der Waals surface area contributed by atoms with Gasteiger partial charge in [0.15, 0.2) is 11.4 Å². The van der Waals surface area contributed by atoms with E-state index in [4.69, 9.17) is 9.47 Å². The molecule has 2 N–H and O–H groups in total. The molecule has 3 atom stereocenters. The van der Waals surface area contributed by atoms with Crippen molar-refractivity contribution in [1.82, 2.24) is 9.47 Å². The molecule has 11 heteroatoms. The second-order valence-electron chi connectivity index (χ2n) is 10.7. The zero-order chi connectivity index (χ0) is 30.4. The Hall–Kier alpha value is -3.96. The van der Waals surface area contributed by atoms with Gasteiger partial charge < -0.3 is 29.5 Å². The molecule has 1 aromatic carbocycles. The maximum absolute atomic E-state index is 13.9. The summed E-state index contributed by atoms with van der Waals surface area (Å²) in [5.74, 6) is -1.54. The highest BCUT2D eigenvalue weighted by Crippen LogP contribution is 2.46. The van der Waals surface area contributed by atoms with Crippen LogP contribution in [0, 0.1) is 5.92 Å². The lowest BCUT2D eigenvalue weighted by Crippen LogP contribution is -2.44. The first-order valence-corrected chi connectivity index (χ1v) is 14.3. The van der Waals surface area contributed by atoms with Gasteiger partial charge in [0.05, 0.1) is 32.6 Å². The Kier molecular flexibility index (Phi) is 9.85. The van der Waals surface area contributed by atoms with Crippen LogP contribution in [0.4, 0.5) is 5.69 Å². The van der Waals surface area contributed by atoms with E-state index in [0.717, 1.165) is 12.8 Å². The molecular formula is C31H39N3O8. The molecule has 2 amide bonds. The van der Waals surface area contributed by atoms with Crippen LogP contribution in [-0.2, 0) is 24.7 Å². The third kappa shape index (κ3) is 5.98. The van der Waals surface area contributed by atoms with E-state index in [1.165, 1.54) is 23.7 Å². The van der Waals surface area contributed by atoms with Crippen LogP contribution < -0.4 is 15.2 Å². The van der Waals surface area contributed by atoms with Crippen molar-refractivity contribution in [2.75, 3.05) is 38.8 Å². The Morgan fingerprint density at radius 1 is 1.19 bits per heavy atom. The number of ether oxygens (including phenoxy) is 2. The van der Waals surface area contributed by atoms with Crippen LogP contribution >= 0.6 is 0 Å². The largest absolute Gasteiger partial charge is 0.491 e. The highest BCUT2D eigenvalue weighted by atomic mass is 16.5. The fraction of sp³-hybridized carbons (Fsp3) is 0.484. The van der Waals surface area contributed by atoms with Gasteiger partial charge in [-0.3, -0.25) is 23.7 Å². The summed E-state index contributed by atoms with van der Waals surface area (Å²) in [6.45, 7) is 2.50. The highest BCUT2D eigenvalue weighted by Gasteiger charge is 2.52. The molecule has 3 heterocycles. The molecule has 2 aliphatic heterocycles. The second-order valence-corrected chi connectivity index (χ2v) is 10.7. The van der Waals surface area contributed by atoms with E-state index in [-0.39, 0.29) is 55.2 Å². The summed E-state index contributed by atoms with van der Waals surface area (Å²) >= 11 is 0. The standard InChI is InChI=1S/C31H39N3O8/c1-21(9-6-12-27(36)32-17-7-10-23(32)20-35)31(40)24-19-22(33-18-8-11-26(41-2)29(33)38)14-15-25(24)34(30(31)39)16-5-4-13-28(37)42-3/h6,8-9,11,14-15,18-19,21,23,35,40H,4-5,7,10,12-13,16-17,20H2,1-3H3/b9-6+/t21-,23+,31+/m1/s1. The number of pyridine rings is 1. The molecule has 2 aromatic rings. The number of fused-ring (bicyclic) bond motifs is 1. The lowest BCUT2D eigenvalue weighted by Gasteiger charge is -2.28. The lowest BCUT2D eigenvalue weighted by molar-refractivity contribution is -0.140. The molecule has 0 saturated carbocycles.